The van der Waals surface area contributed by atoms with Crippen LogP contribution in [0.5, 0.6) is 0 Å². The Morgan fingerprint density at radius 3 is 2.83 bits per heavy atom. The van der Waals surface area contributed by atoms with E-state index in [0.717, 1.165) is 5.57 Å². The van der Waals surface area contributed by atoms with Crippen molar-refractivity contribution in [2.45, 2.75) is 31.1 Å². The van der Waals surface area contributed by atoms with Crippen molar-refractivity contribution in [2.75, 3.05) is 5.75 Å². The predicted molar refractivity (Wildman–Crippen MR) is 96.5 cm³/mol. The molecule has 0 aliphatic carbocycles. The third kappa shape index (κ3) is 3.32. The molecule has 1 aromatic rings. The number of allylic oxidation sites excluding steroid dienone is 1. The molecule has 1 fully saturated rings. The molecule has 0 aromatic carbocycles. The fourth-order valence-corrected chi connectivity index (χ4v) is 4.75. The molecule has 0 bridgehead atoms. The van der Waals surface area contributed by atoms with Gasteiger partial charge in [-0.15, -0.1) is 16.9 Å². The van der Waals surface area contributed by atoms with E-state index in [9.17, 15) is 9.59 Å². The number of fused-ring (bicyclic) bond motifs is 1. The molecule has 2 aliphatic heterocycles. The average Bonchev–Trinajstić information content (AvgIpc) is 3.02. The minimum Gasteiger partial charge on any atom is -0.515 e. The summed E-state index contributed by atoms with van der Waals surface area (Å²) in [7, 11) is -2.08. The molecule has 2 atom stereocenters. The minimum atomic E-state index is -2.08. The third-order valence-electron chi connectivity index (χ3n) is 3.46. The van der Waals surface area contributed by atoms with Gasteiger partial charge in [-0.2, -0.15) is 0 Å². The third-order valence-corrected chi connectivity index (χ3v) is 6.11. The summed E-state index contributed by atoms with van der Waals surface area (Å²) in [5.74, 6) is -0.0986. The summed E-state index contributed by atoms with van der Waals surface area (Å²) < 4.78 is 9.42. The highest BCUT2D eigenvalue weighted by Crippen LogP contribution is 2.40. The molecule has 3 heterocycles. The van der Waals surface area contributed by atoms with E-state index in [1.54, 1.807) is 29.3 Å². The maximum Gasteiger partial charge on any atom is 0.342 e. The highest BCUT2D eigenvalue weighted by atomic mass is 32.2. The molecule has 0 spiro atoms. The number of rotatable bonds is 4. The first-order chi connectivity index (χ1) is 11.3. The number of nitrogens with zero attached hydrogens (tertiary/aromatic N) is 3. The van der Waals surface area contributed by atoms with Gasteiger partial charge in [-0.3, -0.25) is 9.69 Å². The van der Waals surface area contributed by atoms with Gasteiger partial charge < -0.3 is 10.2 Å². The van der Waals surface area contributed by atoms with Crippen molar-refractivity contribution < 1.29 is 14.0 Å². The van der Waals surface area contributed by atoms with E-state index in [2.05, 4.69) is 9.59 Å². The highest BCUT2D eigenvalue weighted by Gasteiger charge is 2.52. The van der Waals surface area contributed by atoms with Gasteiger partial charge in [0.25, 0.3) is 0 Å². The smallest absolute Gasteiger partial charge is 0.342 e. The summed E-state index contributed by atoms with van der Waals surface area (Å²) in [5.41, 5.74) is 7.62. The number of amides is 1. The van der Waals surface area contributed by atoms with Crippen molar-refractivity contribution in [3.05, 3.63) is 28.4 Å². The van der Waals surface area contributed by atoms with Gasteiger partial charge in [0.1, 0.15) is 17.1 Å². The van der Waals surface area contributed by atoms with Gasteiger partial charge >= 0.3 is 5.97 Å². The summed E-state index contributed by atoms with van der Waals surface area (Å²) in [6.07, 6.45) is 3.59. The van der Waals surface area contributed by atoms with Crippen molar-refractivity contribution in [1.82, 2.24) is 14.5 Å². The van der Waals surface area contributed by atoms with Gasteiger partial charge in [0.15, 0.2) is 0 Å². The van der Waals surface area contributed by atoms with E-state index in [4.69, 9.17) is 10.2 Å². The highest BCUT2D eigenvalue weighted by molar-refractivity contribution is 8.00. The van der Waals surface area contributed by atoms with Crippen LogP contribution in [0.4, 0.5) is 0 Å². The van der Waals surface area contributed by atoms with E-state index in [0.29, 0.717) is 17.1 Å². The topological polar surface area (TPSA) is 98.4 Å². The molecule has 7 nitrogen and oxygen atoms in total. The number of nitrogens with two attached hydrogens (primary N) is 1. The number of hydrogen-bond donors (Lipinski definition) is 1. The van der Waals surface area contributed by atoms with Crippen molar-refractivity contribution >= 4 is 49.6 Å². The second kappa shape index (κ2) is 6.43. The molecule has 3 rings (SSSR count). The number of thioether (sulfide) groups is 1. The van der Waals surface area contributed by atoms with Gasteiger partial charge in [-0.25, -0.2) is 4.79 Å². The second-order valence-electron chi connectivity index (χ2n) is 6.47. The molecule has 1 aromatic heterocycles. The van der Waals surface area contributed by atoms with Crippen LogP contribution in [-0.4, -0.2) is 51.8 Å². The molecular weight excluding hydrogens is 364 g/mol. The Labute approximate surface area is 149 Å². The lowest BCUT2D eigenvalue weighted by Crippen LogP contribution is -2.68. The van der Waals surface area contributed by atoms with Crippen LogP contribution in [-0.2, 0) is 14.0 Å². The van der Waals surface area contributed by atoms with Crippen LogP contribution < -0.4 is 5.73 Å². The first kappa shape index (κ1) is 17.3. The van der Waals surface area contributed by atoms with Crippen LogP contribution in [0.15, 0.2) is 22.7 Å². The molecule has 24 heavy (non-hydrogen) atoms. The van der Waals surface area contributed by atoms with Gasteiger partial charge in [0.05, 0.1) is 5.69 Å². The molecule has 0 radical (unpaired) electrons. The largest absolute Gasteiger partial charge is 0.515 e. The molecular formula is C14H18N4O3S2Si. The lowest BCUT2D eigenvalue weighted by atomic mass is 10.0. The van der Waals surface area contributed by atoms with Gasteiger partial charge in [0.2, 0.25) is 14.2 Å². The van der Waals surface area contributed by atoms with E-state index in [1.807, 2.05) is 19.6 Å². The molecule has 1 saturated heterocycles. The zero-order valence-corrected chi connectivity index (χ0v) is 16.2. The minimum absolute atomic E-state index is 0.195. The fraction of sp³-hybridized carbons (Fsp3) is 0.429. The Kier molecular flexibility index (Phi) is 4.64. The van der Waals surface area contributed by atoms with Gasteiger partial charge in [-0.1, -0.05) is 10.6 Å². The number of carbonyl (C=O) groups excluding carboxylic acids is 2. The molecule has 10 heteroatoms. The Morgan fingerprint density at radius 2 is 2.21 bits per heavy atom. The summed E-state index contributed by atoms with van der Waals surface area (Å²) in [6.45, 7) is 5.79. The van der Waals surface area contributed by atoms with Crippen molar-refractivity contribution in [2.24, 2.45) is 5.73 Å². The maximum atomic E-state index is 12.7. The Balaban J connectivity index is 1.95. The molecule has 2 N–H and O–H groups in total. The first-order valence-electron chi connectivity index (χ1n) is 7.40. The molecule has 0 saturated carbocycles. The fourth-order valence-electron chi connectivity index (χ4n) is 2.41. The number of β-lactam (4-membered cyclic amide) rings is 1. The maximum absolute atomic E-state index is 12.7. The lowest BCUT2D eigenvalue weighted by molar-refractivity contribution is -0.147. The molecule has 1 unspecified atom stereocenters. The predicted octanol–water partition coefficient (Wildman–Crippen LogP) is 1.43. The zero-order valence-electron chi connectivity index (χ0n) is 13.6. The van der Waals surface area contributed by atoms with E-state index < -0.39 is 20.3 Å². The van der Waals surface area contributed by atoms with Crippen LogP contribution in [0, 0.1) is 0 Å². The van der Waals surface area contributed by atoms with E-state index >= 15 is 0 Å². The van der Waals surface area contributed by atoms with E-state index in [1.165, 1.54) is 16.4 Å². The van der Waals surface area contributed by atoms with Crippen molar-refractivity contribution in [3.8, 4) is 0 Å². The van der Waals surface area contributed by atoms with Gasteiger partial charge in [0, 0.05) is 11.1 Å². The molecule has 1 amide bonds. The zero-order chi connectivity index (χ0) is 17.5. The van der Waals surface area contributed by atoms with Crippen molar-refractivity contribution in [1.29, 1.82) is 0 Å². The normalized spacial score (nSPS) is 24.2. The van der Waals surface area contributed by atoms with Crippen LogP contribution in [0.25, 0.3) is 6.08 Å². The summed E-state index contributed by atoms with van der Waals surface area (Å²) in [6, 6.07) is -0.557. The number of aromatic nitrogens is 2. The summed E-state index contributed by atoms with van der Waals surface area (Å²) >= 11 is 2.80. The van der Waals surface area contributed by atoms with Gasteiger partial charge in [-0.05, 0) is 42.8 Å². The first-order valence-corrected chi connectivity index (χ1v) is 12.7. The quantitative estimate of drug-likeness (QED) is 0.621. The number of hydrogen-bond acceptors (Lipinski definition) is 8. The molecule has 128 valence electrons. The number of carbonyl (C=O) groups is 2. The second-order valence-corrected chi connectivity index (χ2v) is 12.6. The van der Waals surface area contributed by atoms with Crippen LogP contribution in [0.1, 0.15) is 5.69 Å². The monoisotopic (exact) mass is 382 g/mol. The molecule has 2 aliphatic rings. The van der Waals surface area contributed by atoms with E-state index in [-0.39, 0.29) is 11.3 Å². The Hall–Kier alpha value is -1.49. The SMILES string of the molecule is C[Si](C)(C)OC(=O)C1=C(/C=C\c2csnn2)CS[C@H]2C(N)C(=O)N12. The lowest BCUT2D eigenvalue weighted by Gasteiger charge is -2.48. The summed E-state index contributed by atoms with van der Waals surface area (Å²) in [4.78, 5) is 26.3. The summed E-state index contributed by atoms with van der Waals surface area (Å²) in [5, 5.41) is 5.56. The van der Waals surface area contributed by atoms with Crippen LogP contribution >= 0.6 is 23.3 Å². The Morgan fingerprint density at radius 1 is 1.46 bits per heavy atom. The van der Waals surface area contributed by atoms with Crippen molar-refractivity contribution in [3.63, 3.8) is 0 Å². The standard InChI is InChI=1S/C14H18N4O3S2Si/c1-24(2,3)21-14(20)11-8(4-5-9-7-23-17-16-9)6-22-13-10(15)12(19)18(11)13/h4-5,7,10,13H,6,15H2,1-3H3/b5-4-/t10?,13-/m0/s1. The Bertz CT molecular complexity index is 727. The average molecular weight is 383 g/mol. The van der Waals surface area contributed by atoms with Crippen LogP contribution in [0.2, 0.25) is 19.6 Å². The van der Waals surface area contributed by atoms with Crippen LogP contribution in [0.3, 0.4) is 0 Å².